The molecular weight excluding hydrogens is 378 g/mol. The Morgan fingerprint density at radius 2 is 1.83 bits per heavy atom. The number of amides is 1. The second-order valence-electron chi connectivity index (χ2n) is 7.79. The van der Waals surface area contributed by atoms with Crippen LogP contribution >= 0.6 is 0 Å². The zero-order valence-corrected chi connectivity index (χ0v) is 17.9. The Morgan fingerprint density at radius 3 is 2.50 bits per heavy atom. The molecule has 1 unspecified atom stereocenters. The van der Waals surface area contributed by atoms with E-state index in [1.807, 2.05) is 44.2 Å². The third kappa shape index (κ3) is 3.31. The molecule has 1 atom stereocenters. The second kappa shape index (κ2) is 8.03. The van der Waals surface area contributed by atoms with E-state index in [9.17, 15) is 9.59 Å². The van der Waals surface area contributed by atoms with Crippen molar-refractivity contribution in [2.75, 3.05) is 26.2 Å². The number of benzene rings is 1. The molecule has 0 bridgehead atoms. The van der Waals surface area contributed by atoms with Gasteiger partial charge in [-0.05, 0) is 62.3 Å². The number of aromatic nitrogens is 1. The maximum Gasteiger partial charge on any atom is 0.291 e. The van der Waals surface area contributed by atoms with E-state index >= 15 is 0 Å². The molecule has 2 aromatic heterocycles. The van der Waals surface area contributed by atoms with Crippen LogP contribution in [0.15, 0.2) is 45.7 Å². The molecular formula is C24H27N3O3. The largest absolute Gasteiger partial charge is 0.450 e. The summed E-state index contributed by atoms with van der Waals surface area (Å²) >= 11 is 0. The summed E-state index contributed by atoms with van der Waals surface area (Å²) in [5.41, 5.74) is 3.43. The van der Waals surface area contributed by atoms with Gasteiger partial charge in [-0.2, -0.15) is 0 Å². The zero-order valence-electron chi connectivity index (χ0n) is 17.9. The van der Waals surface area contributed by atoms with E-state index in [1.54, 1.807) is 11.1 Å². The van der Waals surface area contributed by atoms with Crippen LogP contribution in [0, 0.1) is 13.8 Å². The van der Waals surface area contributed by atoms with Gasteiger partial charge in [-0.1, -0.05) is 19.9 Å². The summed E-state index contributed by atoms with van der Waals surface area (Å²) in [5, 5.41) is 0.510. The standard InChI is InChI=1S/C24H27N3O3/c1-5-26(6-2)11-12-27-21(18-9-7-8-10-25-18)20-22(28)17-13-15(3)16(4)14-19(17)30-23(20)24(27)29/h7-10,13-14,21H,5-6,11-12H2,1-4H3. The number of rotatable bonds is 6. The minimum atomic E-state index is -0.536. The van der Waals surface area contributed by atoms with Crippen molar-refractivity contribution in [3.63, 3.8) is 0 Å². The van der Waals surface area contributed by atoms with E-state index in [0.717, 1.165) is 30.8 Å². The maximum atomic E-state index is 13.5. The Balaban J connectivity index is 1.89. The van der Waals surface area contributed by atoms with Gasteiger partial charge in [0.05, 0.1) is 16.6 Å². The minimum Gasteiger partial charge on any atom is -0.450 e. The number of hydrogen-bond donors (Lipinski definition) is 0. The van der Waals surface area contributed by atoms with Gasteiger partial charge in [-0.3, -0.25) is 14.6 Å². The van der Waals surface area contributed by atoms with Crippen molar-refractivity contribution in [2.45, 2.75) is 33.7 Å². The van der Waals surface area contributed by atoms with Gasteiger partial charge in [0.25, 0.3) is 5.91 Å². The highest BCUT2D eigenvalue weighted by Crippen LogP contribution is 2.37. The molecule has 0 spiro atoms. The average Bonchev–Trinajstić information content (AvgIpc) is 3.03. The third-order valence-corrected chi connectivity index (χ3v) is 6.10. The molecule has 4 rings (SSSR count). The number of hydrogen-bond acceptors (Lipinski definition) is 5. The molecule has 156 valence electrons. The van der Waals surface area contributed by atoms with Crippen molar-refractivity contribution in [2.24, 2.45) is 0 Å². The molecule has 0 aliphatic carbocycles. The van der Waals surface area contributed by atoms with Crippen LogP contribution in [0.1, 0.15) is 52.8 Å². The van der Waals surface area contributed by atoms with E-state index in [0.29, 0.717) is 28.8 Å². The van der Waals surface area contributed by atoms with E-state index in [2.05, 4.69) is 23.7 Å². The molecule has 1 amide bonds. The monoisotopic (exact) mass is 405 g/mol. The number of carbonyl (C=O) groups is 1. The highest BCUT2D eigenvalue weighted by Gasteiger charge is 2.43. The second-order valence-corrected chi connectivity index (χ2v) is 7.79. The third-order valence-electron chi connectivity index (χ3n) is 6.10. The molecule has 1 aliphatic rings. The van der Waals surface area contributed by atoms with Crippen molar-refractivity contribution >= 4 is 16.9 Å². The first-order chi connectivity index (χ1) is 14.5. The first-order valence-corrected chi connectivity index (χ1v) is 10.5. The SMILES string of the molecule is CCN(CC)CCN1C(=O)c2oc3cc(C)c(C)cc3c(=O)c2C1c1ccccn1. The van der Waals surface area contributed by atoms with Crippen molar-refractivity contribution in [3.05, 3.63) is 74.9 Å². The van der Waals surface area contributed by atoms with Crippen molar-refractivity contribution in [3.8, 4) is 0 Å². The van der Waals surface area contributed by atoms with Gasteiger partial charge in [-0.15, -0.1) is 0 Å². The van der Waals surface area contributed by atoms with E-state index in [1.165, 1.54) is 0 Å². The Morgan fingerprint density at radius 1 is 1.10 bits per heavy atom. The number of nitrogens with zero attached hydrogens (tertiary/aromatic N) is 3. The van der Waals surface area contributed by atoms with Gasteiger partial charge in [0, 0.05) is 19.3 Å². The number of carbonyl (C=O) groups excluding carboxylic acids is 1. The molecule has 6 heteroatoms. The van der Waals surface area contributed by atoms with E-state index < -0.39 is 6.04 Å². The Hall–Kier alpha value is -2.99. The lowest BCUT2D eigenvalue weighted by Gasteiger charge is -2.27. The van der Waals surface area contributed by atoms with Crippen LogP contribution in [-0.4, -0.2) is 46.9 Å². The zero-order chi connectivity index (χ0) is 21.4. The highest BCUT2D eigenvalue weighted by molar-refractivity contribution is 5.99. The summed E-state index contributed by atoms with van der Waals surface area (Å²) < 4.78 is 6.04. The van der Waals surface area contributed by atoms with Gasteiger partial charge in [0.2, 0.25) is 5.76 Å². The summed E-state index contributed by atoms with van der Waals surface area (Å²) in [6.07, 6.45) is 1.69. The lowest BCUT2D eigenvalue weighted by Crippen LogP contribution is -2.38. The fourth-order valence-electron chi connectivity index (χ4n) is 4.14. The fourth-order valence-corrected chi connectivity index (χ4v) is 4.14. The molecule has 3 aromatic rings. The average molecular weight is 405 g/mol. The lowest BCUT2D eigenvalue weighted by atomic mass is 10.0. The summed E-state index contributed by atoms with van der Waals surface area (Å²) in [6.45, 7) is 11.2. The first kappa shape index (κ1) is 20.3. The first-order valence-electron chi connectivity index (χ1n) is 10.5. The Kier molecular flexibility index (Phi) is 5.43. The molecule has 1 aromatic carbocycles. The van der Waals surface area contributed by atoms with Gasteiger partial charge >= 0.3 is 0 Å². The number of aryl methyl sites for hydroxylation is 2. The Labute approximate surface area is 176 Å². The van der Waals surface area contributed by atoms with Crippen molar-refractivity contribution in [1.82, 2.24) is 14.8 Å². The van der Waals surface area contributed by atoms with Crippen molar-refractivity contribution in [1.29, 1.82) is 0 Å². The molecule has 0 saturated heterocycles. The number of likely N-dealkylation sites (N-methyl/N-ethyl adjacent to an activating group) is 1. The van der Waals surface area contributed by atoms with E-state index in [4.69, 9.17) is 4.42 Å². The predicted molar refractivity (Wildman–Crippen MR) is 117 cm³/mol. The topological polar surface area (TPSA) is 66.7 Å². The molecule has 6 nitrogen and oxygen atoms in total. The van der Waals surface area contributed by atoms with E-state index in [-0.39, 0.29) is 17.1 Å². The smallest absolute Gasteiger partial charge is 0.291 e. The molecule has 1 aliphatic heterocycles. The van der Waals surface area contributed by atoms with Crippen LogP contribution in [0.3, 0.4) is 0 Å². The van der Waals surface area contributed by atoms with Gasteiger partial charge in [0.15, 0.2) is 5.43 Å². The minimum absolute atomic E-state index is 0.144. The van der Waals surface area contributed by atoms with Gasteiger partial charge < -0.3 is 14.2 Å². The van der Waals surface area contributed by atoms with Crippen LogP contribution in [0.25, 0.3) is 11.0 Å². The molecule has 0 saturated carbocycles. The molecule has 3 heterocycles. The van der Waals surface area contributed by atoms with Crippen LogP contribution in [0.4, 0.5) is 0 Å². The summed E-state index contributed by atoms with van der Waals surface area (Å²) in [7, 11) is 0. The highest BCUT2D eigenvalue weighted by atomic mass is 16.3. The summed E-state index contributed by atoms with van der Waals surface area (Å²) in [5.74, 6) is -0.101. The quantitative estimate of drug-likeness (QED) is 0.626. The molecule has 0 radical (unpaired) electrons. The normalized spacial score (nSPS) is 16.0. The lowest BCUT2D eigenvalue weighted by molar-refractivity contribution is 0.0705. The maximum absolute atomic E-state index is 13.5. The van der Waals surface area contributed by atoms with Crippen LogP contribution in [0.5, 0.6) is 0 Å². The van der Waals surface area contributed by atoms with Gasteiger partial charge in [-0.25, -0.2) is 0 Å². The number of pyridine rings is 1. The molecule has 30 heavy (non-hydrogen) atoms. The number of fused-ring (bicyclic) bond motifs is 2. The predicted octanol–water partition coefficient (Wildman–Crippen LogP) is 3.69. The summed E-state index contributed by atoms with van der Waals surface area (Å²) in [6, 6.07) is 8.73. The van der Waals surface area contributed by atoms with Crippen LogP contribution in [0.2, 0.25) is 0 Å². The fraction of sp³-hybridized carbons (Fsp3) is 0.375. The van der Waals surface area contributed by atoms with Crippen LogP contribution in [-0.2, 0) is 0 Å². The summed E-state index contributed by atoms with van der Waals surface area (Å²) in [4.78, 5) is 35.4. The Bertz CT molecular complexity index is 1150. The van der Waals surface area contributed by atoms with Gasteiger partial charge in [0.1, 0.15) is 11.6 Å². The van der Waals surface area contributed by atoms with Crippen LogP contribution < -0.4 is 5.43 Å². The van der Waals surface area contributed by atoms with Crippen molar-refractivity contribution < 1.29 is 9.21 Å². The molecule has 0 fully saturated rings. The molecule has 0 N–H and O–H groups in total.